The van der Waals surface area contributed by atoms with Crippen LogP contribution in [0.25, 0.3) is 10.7 Å². The Morgan fingerprint density at radius 3 is 2.22 bits per heavy atom. The van der Waals surface area contributed by atoms with Gasteiger partial charge in [0, 0.05) is 12.3 Å². The lowest BCUT2D eigenvalue weighted by molar-refractivity contribution is 0.174. The van der Waals surface area contributed by atoms with Crippen molar-refractivity contribution < 1.29 is 4.52 Å². The van der Waals surface area contributed by atoms with Crippen molar-refractivity contribution in [3.63, 3.8) is 0 Å². The number of likely N-dealkylation sites (tertiary alicyclic amines) is 1. The molecule has 4 nitrogen and oxygen atoms in total. The topological polar surface area (TPSA) is 42.2 Å². The first-order chi connectivity index (χ1) is 15.8. The number of thiophene rings is 1. The van der Waals surface area contributed by atoms with Crippen LogP contribution in [0, 0.1) is 5.92 Å². The summed E-state index contributed by atoms with van der Waals surface area (Å²) in [5, 5.41) is 6.20. The molecule has 32 heavy (non-hydrogen) atoms. The van der Waals surface area contributed by atoms with Gasteiger partial charge in [-0.1, -0.05) is 71.9 Å². The summed E-state index contributed by atoms with van der Waals surface area (Å²) in [7, 11) is 0. The second-order valence-electron chi connectivity index (χ2n) is 8.64. The molecule has 3 heterocycles. The van der Waals surface area contributed by atoms with Crippen LogP contribution >= 0.6 is 11.3 Å². The van der Waals surface area contributed by atoms with E-state index in [9.17, 15) is 0 Å². The molecule has 0 unspecified atom stereocenters. The van der Waals surface area contributed by atoms with Crippen molar-refractivity contribution in [2.75, 3.05) is 19.6 Å². The van der Waals surface area contributed by atoms with E-state index >= 15 is 0 Å². The zero-order valence-corrected chi connectivity index (χ0v) is 19.1. The number of hydrogen-bond acceptors (Lipinski definition) is 5. The molecule has 0 radical (unpaired) electrons. The van der Waals surface area contributed by atoms with Gasteiger partial charge in [-0.25, -0.2) is 0 Å². The van der Waals surface area contributed by atoms with Crippen molar-refractivity contribution in [2.24, 2.45) is 5.92 Å². The fourth-order valence-corrected chi connectivity index (χ4v) is 5.36. The van der Waals surface area contributed by atoms with Crippen molar-refractivity contribution >= 4 is 11.3 Å². The van der Waals surface area contributed by atoms with Gasteiger partial charge in [-0.3, -0.25) is 0 Å². The van der Waals surface area contributed by atoms with Crippen LogP contribution < -0.4 is 0 Å². The molecule has 2 aromatic carbocycles. The van der Waals surface area contributed by atoms with Gasteiger partial charge >= 0.3 is 0 Å². The van der Waals surface area contributed by atoms with Crippen LogP contribution in [-0.2, 0) is 6.42 Å². The summed E-state index contributed by atoms with van der Waals surface area (Å²) >= 11 is 1.65. The smallest absolute Gasteiger partial charge is 0.227 e. The molecule has 0 spiro atoms. The molecule has 1 saturated heterocycles. The average Bonchev–Trinajstić information content (AvgIpc) is 3.54. The number of aromatic nitrogens is 2. The molecule has 0 atom stereocenters. The van der Waals surface area contributed by atoms with Crippen molar-refractivity contribution in [2.45, 2.75) is 31.6 Å². The third kappa shape index (κ3) is 5.17. The molecule has 5 rings (SSSR count). The lowest BCUT2D eigenvalue weighted by atomic mass is 9.87. The van der Waals surface area contributed by atoms with Crippen LogP contribution in [0.15, 0.2) is 82.7 Å². The van der Waals surface area contributed by atoms with E-state index in [2.05, 4.69) is 75.7 Å². The van der Waals surface area contributed by atoms with E-state index in [0.29, 0.717) is 11.8 Å². The van der Waals surface area contributed by atoms with Crippen LogP contribution in [0.1, 0.15) is 42.2 Å². The Labute approximate surface area is 193 Å². The summed E-state index contributed by atoms with van der Waals surface area (Å²) in [6.07, 6.45) is 4.42. The maximum absolute atomic E-state index is 5.53. The van der Waals surface area contributed by atoms with Crippen LogP contribution in [-0.4, -0.2) is 34.7 Å². The highest BCUT2D eigenvalue weighted by Gasteiger charge is 2.23. The average molecular weight is 444 g/mol. The van der Waals surface area contributed by atoms with Gasteiger partial charge in [-0.2, -0.15) is 4.98 Å². The van der Waals surface area contributed by atoms with E-state index in [4.69, 9.17) is 4.52 Å². The van der Waals surface area contributed by atoms with Crippen molar-refractivity contribution in [1.82, 2.24) is 15.0 Å². The molecule has 0 bridgehead atoms. The van der Waals surface area contributed by atoms with Gasteiger partial charge in [0.15, 0.2) is 0 Å². The molecule has 0 saturated carbocycles. The number of hydrogen-bond donors (Lipinski definition) is 0. The van der Waals surface area contributed by atoms with Crippen LogP contribution in [0.5, 0.6) is 0 Å². The fraction of sp³-hybridized carbons (Fsp3) is 0.333. The summed E-state index contributed by atoms with van der Waals surface area (Å²) < 4.78 is 5.53. The number of benzene rings is 2. The highest BCUT2D eigenvalue weighted by Crippen LogP contribution is 2.29. The molecule has 1 aliphatic rings. The number of rotatable bonds is 8. The Hall–Kier alpha value is -2.76. The molecule has 0 amide bonds. The van der Waals surface area contributed by atoms with E-state index < -0.39 is 0 Å². The molecule has 0 aliphatic carbocycles. The van der Waals surface area contributed by atoms with Gasteiger partial charge in [0.25, 0.3) is 0 Å². The van der Waals surface area contributed by atoms with Crippen molar-refractivity contribution in [1.29, 1.82) is 0 Å². The Balaban J connectivity index is 1.14. The van der Waals surface area contributed by atoms with Crippen molar-refractivity contribution in [3.05, 3.63) is 95.2 Å². The third-order valence-corrected chi connectivity index (χ3v) is 7.38. The maximum atomic E-state index is 5.53. The largest absolute Gasteiger partial charge is 0.339 e. The Kier molecular flexibility index (Phi) is 6.75. The quantitative estimate of drug-likeness (QED) is 0.322. The Bertz CT molecular complexity index is 1030. The minimum Gasteiger partial charge on any atom is -0.339 e. The number of nitrogens with zero attached hydrogens (tertiary/aromatic N) is 3. The molecular formula is C27H29N3OS. The first kappa shape index (κ1) is 21.1. The standard InChI is InChI=1S/C27H29N3OS/c1-3-8-22(9-4-1)24(23-10-5-2-6-11-23)15-18-30-16-13-21(14-17-30)20-26-28-27(29-31-26)25-12-7-19-32-25/h1-12,19,21,24H,13-18,20H2. The molecule has 2 aromatic heterocycles. The summed E-state index contributed by atoms with van der Waals surface area (Å²) in [6, 6.07) is 25.9. The molecule has 0 N–H and O–H groups in total. The Morgan fingerprint density at radius 1 is 0.906 bits per heavy atom. The lowest BCUT2D eigenvalue weighted by Gasteiger charge is -2.32. The van der Waals surface area contributed by atoms with E-state index in [1.165, 1.54) is 24.0 Å². The zero-order valence-electron chi connectivity index (χ0n) is 18.3. The minimum atomic E-state index is 0.448. The molecule has 4 aromatic rings. The van der Waals surface area contributed by atoms with Crippen LogP contribution in [0.2, 0.25) is 0 Å². The van der Waals surface area contributed by atoms with E-state index in [1.54, 1.807) is 11.3 Å². The van der Waals surface area contributed by atoms with E-state index in [1.807, 2.05) is 17.5 Å². The SMILES string of the molecule is c1ccc(C(CCN2CCC(Cc3nc(-c4cccs4)no3)CC2)c2ccccc2)cc1. The van der Waals surface area contributed by atoms with E-state index in [0.717, 1.165) is 49.1 Å². The molecular weight excluding hydrogens is 414 g/mol. The second-order valence-corrected chi connectivity index (χ2v) is 9.59. The minimum absolute atomic E-state index is 0.448. The fourth-order valence-electron chi connectivity index (χ4n) is 4.71. The normalized spacial score (nSPS) is 15.4. The summed E-state index contributed by atoms with van der Waals surface area (Å²) in [4.78, 5) is 8.31. The Morgan fingerprint density at radius 2 is 1.59 bits per heavy atom. The summed E-state index contributed by atoms with van der Waals surface area (Å²) in [5.74, 6) is 2.58. The predicted octanol–water partition coefficient (Wildman–Crippen LogP) is 6.27. The highest BCUT2D eigenvalue weighted by molar-refractivity contribution is 7.13. The molecule has 164 valence electrons. The lowest BCUT2D eigenvalue weighted by Crippen LogP contribution is -2.35. The van der Waals surface area contributed by atoms with Gasteiger partial charge in [0.1, 0.15) is 0 Å². The molecule has 5 heteroatoms. The van der Waals surface area contributed by atoms with Gasteiger partial charge in [-0.15, -0.1) is 11.3 Å². The predicted molar refractivity (Wildman–Crippen MR) is 130 cm³/mol. The maximum Gasteiger partial charge on any atom is 0.227 e. The third-order valence-electron chi connectivity index (χ3n) is 6.52. The molecule has 1 aliphatic heterocycles. The van der Waals surface area contributed by atoms with Gasteiger partial charge in [0.05, 0.1) is 4.88 Å². The molecule has 1 fully saturated rings. The zero-order chi connectivity index (χ0) is 21.6. The van der Waals surface area contributed by atoms with E-state index in [-0.39, 0.29) is 0 Å². The van der Waals surface area contributed by atoms with Crippen LogP contribution in [0.4, 0.5) is 0 Å². The number of piperidine rings is 1. The van der Waals surface area contributed by atoms with Gasteiger partial charge < -0.3 is 9.42 Å². The first-order valence-electron chi connectivity index (χ1n) is 11.5. The summed E-state index contributed by atoms with van der Waals surface area (Å²) in [5.41, 5.74) is 2.82. The second kappa shape index (κ2) is 10.2. The van der Waals surface area contributed by atoms with Crippen molar-refractivity contribution in [3.8, 4) is 10.7 Å². The van der Waals surface area contributed by atoms with Crippen LogP contribution in [0.3, 0.4) is 0 Å². The van der Waals surface area contributed by atoms with Gasteiger partial charge in [0.2, 0.25) is 11.7 Å². The summed E-state index contributed by atoms with van der Waals surface area (Å²) in [6.45, 7) is 3.42. The van der Waals surface area contributed by atoms with Gasteiger partial charge in [-0.05, 0) is 67.4 Å². The first-order valence-corrected chi connectivity index (χ1v) is 12.4. The highest BCUT2D eigenvalue weighted by atomic mass is 32.1. The monoisotopic (exact) mass is 443 g/mol.